The molecule has 4 heteroatoms. The zero-order chi connectivity index (χ0) is 44.4. The first kappa shape index (κ1) is 39.7. The number of nitrogens with zero attached hydrogens (tertiary/aromatic N) is 3. The zero-order valence-electron chi connectivity index (χ0n) is 37.4. The van der Waals surface area contributed by atoms with Gasteiger partial charge in [-0.3, -0.25) is 0 Å². The molecule has 11 aromatic rings. The number of benzene rings is 8. The van der Waals surface area contributed by atoms with Gasteiger partial charge in [0.1, 0.15) is 0 Å². The first-order chi connectivity index (χ1) is 33.2. The molecule has 0 saturated carbocycles. The van der Waals surface area contributed by atoms with E-state index in [1.54, 1.807) is 0 Å². The van der Waals surface area contributed by atoms with Crippen molar-refractivity contribution in [2.45, 2.75) is 44.9 Å². The van der Waals surface area contributed by atoms with E-state index in [4.69, 9.17) is 9.97 Å². The maximum atomic E-state index is 5.75. The van der Waals surface area contributed by atoms with E-state index in [-0.39, 0.29) is 0 Å². The highest BCUT2D eigenvalue weighted by Gasteiger charge is 2.28. The van der Waals surface area contributed by atoms with Crippen LogP contribution in [0.4, 0.5) is 0 Å². The van der Waals surface area contributed by atoms with Crippen molar-refractivity contribution in [2.75, 3.05) is 0 Å². The normalized spacial score (nSPS) is 14.4. The Labute approximate surface area is 395 Å². The van der Waals surface area contributed by atoms with Gasteiger partial charge in [-0.25, -0.2) is 9.97 Å². The maximum Gasteiger partial charge on any atom is 0.160 e. The van der Waals surface area contributed by atoms with Crippen molar-refractivity contribution >= 4 is 48.8 Å². The quantitative estimate of drug-likeness (QED) is 0.160. The summed E-state index contributed by atoms with van der Waals surface area (Å²) in [6.45, 7) is 2.25. The van der Waals surface area contributed by atoms with Gasteiger partial charge in [-0.2, -0.15) is 0 Å². The standard InChI is InChI=1S/C63H47N3S/c1-2-46-61(42-21-8-4-9-22-42)64-63(52-28-17-31-58-60(52)50-26-14-15-30-57(50)67-58)65-62(46)51-27-16-29-56-59(51)54-39-44(34-37-55(54)66(56)45-23-10-5-11-24-45)43-33-36-49-48(40-18-6-3-7-19-40)35-32-41-20-12-13-25-47(41)53(49)38-43/h3-16,18-30,33-34,36-39,48H,2,17,31-32,35H2,1H3. The average Bonchev–Trinajstić information content (AvgIpc) is 3.89. The number of aromatic nitrogens is 3. The molecular formula is C63H47N3S. The fraction of sp³-hybridized carbons (Fsp3) is 0.111. The molecule has 0 amide bonds. The Bertz CT molecular complexity index is 3730. The van der Waals surface area contributed by atoms with Crippen LogP contribution in [0.25, 0.3) is 87.9 Å². The molecule has 1 atom stereocenters. The highest BCUT2D eigenvalue weighted by atomic mass is 32.1. The largest absolute Gasteiger partial charge is 0.309 e. The Morgan fingerprint density at radius 3 is 2.13 bits per heavy atom. The minimum absolute atomic E-state index is 0.326. The molecule has 2 aliphatic rings. The van der Waals surface area contributed by atoms with Gasteiger partial charge >= 0.3 is 0 Å². The Balaban J connectivity index is 1.06. The second-order valence-corrected chi connectivity index (χ2v) is 19.2. The van der Waals surface area contributed by atoms with E-state index in [0.29, 0.717) is 5.92 Å². The van der Waals surface area contributed by atoms with Crippen LogP contribution in [0.1, 0.15) is 64.2 Å². The number of thiophene rings is 1. The van der Waals surface area contributed by atoms with E-state index in [1.165, 1.54) is 75.8 Å². The molecule has 0 bridgehead atoms. The Morgan fingerprint density at radius 2 is 1.28 bits per heavy atom. The van der Waals surface area contributed by atoms with Crippen LogP contribution in [-0.4, -0.2) is 14.5 Å². The molecule has 1 unspecified atom stereocenters. The fourth-order valence-electron chi connectivity index (χ4n) is 11.3. The fourth-order valence-corrected chi connectivity index (χ4v) is 12.5. The smallest absolute Gasteiger partial charge is 0.160 e. The third-order valence-corrected chi connectivity index (χ3v) is 15.6. The Hall–Kier alpha value is -7.66. The van der Waals surface area contributed by atoms with Gasteiger partial charge in [-0.05, 0) is 114 Å². The number of hydrogen-bond acceptors (Lipinski definition) is 3. The summed E-state index contributed by atoms with van der Waals surface area (Å²) in [5.41, 5.74) is 20.6. The summed E-state index contributed by atoms with van der Waals surface area (Å²) >= 11 is 1.92. The van der Waals surface area contributed by atoms with Gasteiger partial charge < -0.3 is 4.57 Å². The molecule has 0 spiro atoms. The molecule has 8 aromatic carbocycles. The number of para-hydroxylation sites is 1. The summed E-state index contributed by atoms with van der Waals surface area (Å²) in [5, 5.41) is 3.69. The van der Waals surface area contributed by atoms with Gasteiger partial charge in [0.2, 0.25) is 0 Å². The monoisotopic (exact) mass is 877 g/mol. The van der Waals surface area contributed by atoms with Crippen molar-refractivity contribution in [3.05, 3.63) is 239 Å². The van der Waals surface area contributed by atoms with Crippen molar-refractivity contribution in [3.8, 4) is 50.5 Å². The van der Waals surface area contributed by atoms with Crippen molar-refractivity contribution in [1.29, 1.82) is 0 Å². The van der Waals surface area contributed by atoms with Gasteiger partial charge in [0.25, 0.3) is 0 Å². The summed E-state index contributed by atoms with van der Waals surface area (Å²) in [5.74, 6) is 1.12. The zero-order valence-corrected chi connectivity index (χ0v) is 38.2. The van der Waals surface area contributed by atoms with Gasteiger partial charge in [-0.1, -0.05) is 165 Å². The van der Waals surface area contributed by atoms with Crippen molar-refractivity contribution < 1.29 is 0 Å². The number of aryl methyl sites for hydroxylation is 2. The molecule has 67 heavy (non-hydrogen) atoms. The number of allylic oxidation sites excluding steroid dienone is 1. The topological polar surface area (TPSA) is 30.7 Å². The molecule has 0 radical (unpaired) electrons. The first-order valence-electron chi connectivity index (χ1n) is 23.8. The molecule has 3 aromatic heterocycles. The van der Waals surface area contributed by atoms with E-state index in [2.05, 4.69) is 212 Å². The predicted octanol–water partition coefficient (Wildman–Crippen LogP) is 16.5. The lowest BCUT2D eigenvalue weighted by atomic mass is 9.84. The van der Waals surface area contributed by atoms with Crippen LogP contribution in [0.15, 0.2) is 200 Å². The van der Waals surface area contributed by atoms with Gasteiger partial charge in [-0.15, -0.1) is 11.3 Å². The lowest BCUT2D eigenvalue weighted by Crippen LogP contribution is -2.08. The average molecular weight is 878 g/mol. The minimum atomic E-state index is 0.326. The SMILES string of the molecule is CCc1c(-c2ccccc2)nc(C2=CCCc3sc4ccccc4c32)nc1-c1cccc2c1c1cc(-c3ccc4c(c3)-c3ccccc3CCC4c3ccccc3)ccc1n2-c1ccccc1. The van der Waals surface area contributed by atoms with Crippen LogP contribution in [0.3, 0.4) is 0 Å². The molecule has 0 aliphatic heterocycles. The summed E-state index contributed by atoms with van der Waals surface area (Å²) < 4.78 is 3.76. The maximum absolute atomic E-state index is 5.75. The van der Waals surface area contributed by atoms with E-state index in [0.717, 1.165) is 82.8 Å². The summed E-state index contributed by atoms with van der Waals surface area (Å²) in [6.07, 6.45) is 7.30. The van der Waals surface area contributed by atoms with Crippen molar-refractivity contribution in [1.82, 2.24) is 14.5 Å². The van der Waals surface area contributed by atoms with Crippen LogP contribution in [0, 0.1) is 0 Å². The second kappa shape index (κ2) is 16.3. The Kier molecular flexibility index (Phi) is 9.68. The van der Waals surface area contributed by atoms with Crippen LogP contribution >= 0.6 is 11.3 Å². The molecule has 13 rings (SSSR count). The highest BCUT2D eigenvalue weighted by molar-refractivity contribution is 7.19. The molecule has 320 valence electrons. The lowest BCUT2D eigenvalue weighted by Gasteiger charge is -2.20. The number of rotatable bonds is 7. The number of fused-ring (bicyclic) bond motifs is 9. The molecule has 0 N–H and O–H groups in total. The van der Waals surface area contributed by atoms with Crippen LogP contribution in [-0.2, 0) is 19.3 Å². The predicted molar refractivity (Wildman–Crippen MR) is 281 cm³/mol. The van der Waals surface area contributed by atoms with Crippen LogP contribution in [0.5, 0.6) is 0 Å². The van der Waals surface area contributed by atoms with E-state index >= 15 is 0 Å². The van der Waals surface area contributed by atoms with Crippen molar-refractivity contribution in [2.24, 2.45) is 0 Å². The third-order valence-electron chi connectivity index (χ3n) is 14.3. The minimum Gasteiger partial charge on any atom is -0.309 e. The Morgan fingerprint density at radius 1 is 0.567 bits per heavy atom. The van der Waals surface area contributed by atoms with Gasteiger partial charge in [0.05, 0.1) is 22.4 Å². The molecule has 3 nitrogen and oxygen atoms in total. The van der Waals surface area contributed by atoms with Gasteiger partial charge in [0.15, 0.2) is 5.82 Å². The molecule has 2 aliphatic carbocycles. The second-order valence-electron chi connectivity index (χ2n) is 18.1. The van der Waals surface area contributed by atoms with Crippen LogP contribution < -0.4 is 0 Å². The van der Waals surface area contributed by atoms with Crippen molar-refractivity contribution in [3.63, 3.8) is 0 Å². The molecule has 0 saturated heterocycles. The van der Waals surface area contributed by atoms with E-state index in [1.807, 2.05) is 11.3 Å². The molecule has 0 fully saturated rings. The van der Waals surface area contributed by atoms with E-state index in [9.17, 15) is 0 Å². The number of hydrogen-bond donors (Lipinski definition) is 0. The lowest BCUT2D eigenvalue weighted by molar-refractivity contribution is 0.726. The summed E-state index contributed by atoms with van der Waals surface area (Å²) in [6, 6.07) is 71.7. The molecule has 3 heterocycles. The third kappa shape index (κ3) is 6.61. The summed E-state index contributed by atoms with van der Waals surface area (Å²) in [7, 11) is 0. The van der Waals surface area contributed by atoms with E-state index < -0.39 is 0 Å². The summed E-state index contributed by atoms with van der Waals surface area (Å²) in [4.78, 5) is 12.7. The van der Waals surface area contributed by atoms with Crippen LogP contribution in [0.2, 0.25) is 0 Å². The van der Waals surface area contributed by atoms with Gasteiger partial charge in [0, 0.05) is 65.2 Å². The first-order valence-corrected chi connectivity index (χ1v) is 24.6. The highest BCUT2D eigenvalue weighted by Crippen LogP contribution is 2.47. The molecular weight excluding hydrogens is 831 g/mol.